The SMILES string of the molecule is CCCCCCCCCCCCCc1ccc(S(=O)(=O)[O-])c2ccccc12.[K+]. The minimum Gasteiger partial charge on any atom is -0.744 e. The van der Waals surface area contributed by atoms with Crippen molar-refractivity contribution in [1.29, 1.82) is 0 Å². The molecule has 2 aromatic rings. The van der Waals surface area contributed by atoms with Gasteiger partial charge in [-0.15, -0.1) is 0 Å². The van der Waals surface area contributed by atoms with Crippen LogP contribution in [0.1, 0.15) is 83.1 Å². The molecule has 150 valence electrons. The number of hydrogen-bond acceptors (Lipinski definition) is 3. The van der Waals surface area contributed by atoms with Crippen molar-refractivity contribution < 1.29 is 64.4 Å². The monoisotopic (exact) mass is 428 g/mol. The van der Waals surface area contributed by atoms with E-state index in [-0.39, 0.29) is 56.3 Å². The second kappa shape index (κ2) is 14.3. The van der Waals surface area contributed by atoms with E-state index in [1.165, 1.54) is 70.3 Å². The Labute approximate surface area is 213 Å². The molecular formula is C23H33KO3S. The molecule has 0 fully saturated rings. The molecule has 0 spiro atoms. The van der Waals surface area contributed by atoms with Crippen molar-refractivity contribution >= 4 is 20.9 Å². The van der Waals surface area contributed by atoms with Crippen LogP contribution in [0.2, 0.25) is 0 Å². The minimum atomic E-state index is -4.44. The molecule has 0 radical (unpaired) electrons. The van der Waals surface area contributed by atoms with Gasteiger partial charge in [0.15, 0.2) is 0 Å². The van der Waals surface area contributed by atoms with Crippen molar-refractivity contribution in [1.82, 2.24) is 0 Å². The fraction of sp³-hybridized carbons (Fsp3) is 0.565. The molecule has 0 N–H and O–H groups in total. The summed E-state index contributed by atoms with van der Waals surface area (Å²) in [4.78, 5) is -0.110. The van der Waals surface area contributed by atoms with E-state index in [2.05, 4.69) is 6.92 Å². The molecule has 0 unspecified atom stereocenters. The summed E-state index contributed by atoms with van der Waals surface area (Å²) in [6.07, 6.45) is 15.3. The van der Waals surface area contributed by atoms with Crippen molar-refractivity contribution in [2.24, 2.45) is 0 Å². The number of rotatable bonds is 13. The van der Waals surface area contributed by atoms with Gasteiger partial charge in [-0.1, -0.05) is 101 Å². The van der Waals surface area contributed by atoms with Crippen LogP contribution in [0.3, 0.4) is 0 Å². The first-order chi connectivity index (χ1) is 13.0. The van der Waals surface area contributed by atoms with Crippen molar-refractivity contribution in [2.45, 2.75) is 88.9 Å². The zero-order chi connectivity index (χ0) is 19.5. The third-order valence-electron chi connectivity index (χ3n) is 5.29. The molecule has 0 bridgehead atoms. The van der Waals surface area contributed by atoms with Crippen LogP contribution in [0, 0.1) is 0 Å². The molecule has 2 rings (SSSR count). The summed E-state index contributed by atoms with van der Waals surface area (Å²) in [6.45, 7) is 2.25. The summed E-state index contributed by atoms with van der Waals surface area (Å²) in [5.41, 5.74) is 1.13. The van der Waals surface area contributed by atoms with Crippen molar-refractivity contribution in [3.8, 4) is 0 Å². The van der Waals surface area contributed by atoms with Gasteiger partial charge in [0.2, 0.25) is 0 Å². The second-order valence-corrected chi connectivity index (χ2v) is 8.86. The fourth-order valence-corrected chi connectivity index (χ4v) is 4.43. The molecular weight excluding hydrogens is 395 g/mol. The molecule has 0 aliphatic carbocycles. The zero-order valence-corrected chi connectivity index (χ0v) is 21.5. The standard InChI is InChI=1S/C23H34O3S.K/c1-2-3-4-5-6-7-8-9-10-11-12-15-20-18-19-23(27(24,25)26)22-17-14-13-16-21(20)22;/h13-14,16-19H,2-12,15H2,1H3,(H,24,25,26);/q;+1/p-1. The van der Waals surface area contributed by atoms with Gasteiger partial charge < -0.3 is 4.55 Å². The van der Waals surface area contributed by atoms with Crippen LogP contribution in [0.5, 0.6) is 0 Å². The molecule has 0 amide bonds. The predicted molar refractivity (Wildman–Crippen MR) is 112 cm³/mol. The summed E-state index contributed by atoms with van der Waals surface area (Å²) in [6, 6.07) is 10.6. The molecule has 0 saturated carbocycles. The molecule has 0 aliphatic rings. The second-order valence-electron chi connectivity index (χ2n) is 7.51. The van der Waals surface area contributed by atoms with E-state index < -0.39 is 10.1 Å². The van der Waals surface area contributed by atoms with Gasteiger partial charge in [-0.3, -0.25) is 0 Å². The first-order valence-corrected chi connectivity index (χ1v) is 11.9. The number of benzene rings is 2. The van der Waals surface area contributed by atoms with Gasteiger partial charge in [0.05, 0.1) is 4.90 Å². The summed E-state index contributed by atoms with van der Waals surface area (Å²) in [5.74, 6) is 0. The average molecular weight is 429 g/mol. The van der Waals surface area contributed by atoms with Crippen LogP contribution >= 0.6 is 0 Å². The Morgan fingerprint density at radius 1 is 0.714 bits per heavy atom. The van der Waals surface area contributed by atoms with E-state index in [1.807, 2.05) is 18.2 Å². The maximum Gasteiger partial charge on any atom is 1.00 e. The third kappa shape index (κ3) is 8.94. The number of hydrogen-bond donors (Lipinski definition) is 0. The minimum absolute atomic E-state index is 0. The van der Waals surface area contributed by atoms with Crippen LogP contribution in [0.25, 0.3) is 10.8 Å². The Morgan fingerprint density at radius 2 is 1.21 bits per heavy atom. The van der Waals surface area contributed by atoms with Crippen LogP contribution in [0.15, 0.2) is 41.3 Å². The van der Waals surface area contributed by atoms with E-state index in [1.54, 1.807) is 12.1 Å². The average Bonchev–Trinajstić information content (AvgIpc) is 2.65. The van der Waals surface area contributed by atoms with Gasteiger partial charge in [0, 0.05) is 0 Å². The quantitative estimate of drug-likeness (QED) is 0.278. The fourth-order valence-electron chi connectivity index (χ4n) is 3.75. The number of unbranched alkanes of at least 4 members (excludes halogenated alkanes) is 10. The van der Waals surface area contributed by atoms with Crippen molar-refractivity contribution in [3.63, 3.8) is 0 Å². The number of aryl methyl sites for hydroxylation is 1. The molecule has 0 atom stereocenters. The van der Waals surface area contributed by atoms with Crippen molar-refractivity contribution in [3.05, 3.63) is 42.0 Å². The van der Waals surface area contributed by atoms with E-state index in [0.717, 1.165) is 23.8 Å². The summed E-state index contributed by atoms with van der Waals surface area (Å²) in [5, 5.41) is 1.44. The molecule has 28 heavy (non-hydrogen) atoms. The third-order valence-corrected chi connectivity index (χ3v) is 6.19. The normalized spacial score (nSPS) is 11.5. The Kier molecular flexibility index (Phi) is 13.4. The largest absolute Gasteiger partial charge is 1.00 e. The summed E-state index contributed by atoms with van der Waals surface area (Å²) < 4.78 is 34.4. The Bertz CT molecular complexity index is 803. The topological polar surface area (TPSA) is 57.2 Å². The molecule has 0 saturated heterocycles. The predicted octanol–water partition coefficient (Wildman–Crippen LogP) is 3.60. The van der Waals surface area contributed by atoms with E-state index in [9.17, 15) is 13.0 Å². The smallest absolute Gasteiger partial charge is 0.744 e. The van der Waals surface area contributed by atoms with Crippen LogP contribution in [-0.4, -0.2) is 13.0 Å². The Morgan fingerprint density at radius 3 is 1.75 bits per heavy atom. The maximum atomic E-state index is 11.5. The molecule has 0 aromatic heterocycles. The summed E-state index contributed by atoms with van der Waals surface area (Å²) in [7, 11) is -4.44. The van der Waals surface area contributed by atoms with Gasteiger partial charge in [0.25, 0.3) is 0 Å². The molecule has 2 aromatic carbocycles. The molecule has 5 heteroatoms. The first-order valence-electron chi connectivity index (χ1n) is 10.5. The van der Waals surface area contributed by atoms with E-state index >= 15 is 0 Å². The molecule has 0 heterocycles. The van der Waals surface area contributed by atoms with Crippen LogP contribution < -0.4 is 51.4 Å². The van der Waals surface area contributed by atoms with Gasteiger partial charge in [-0.2, -0.15) is 0 Å². The van der Waals surface area contributed by atoms with E-state index in [0.29, 0.717) is 5.39 Å². The summed E-state index contributed by atoms with van der Waals surface area (Å²) >= 11 is 0. The Balaban J connectivity index is 0.00000392. The van der Waals surface area contributed by atoms with E-state index in [4.69, 9.17) is 0 Å². The number of fused-ring (bicyclic) bond motifs is 1. The molecule has 3 nitrogen and oxygen atoms in total. The van der Waals surface area contributed by atoms with Crippen LogP contribution in [-0.2, 0) is 16.5 Å². The van der Waals surface area contributed by atoms with Crippen LogP contribution in [0.4, 0.5) is 0 Å². The van der Waals surface area contributed by atoms with Gasteiger partial charge in [0.1, 0.15) is 10.1 Å². The maximum absolute atomic E-state index is 11.5. The Hall–Kier alpha value is 0.246. The van der Waals surface area contributed by atoms with Gasteiger partial charge in [-0.25, -0.2) is 8.42 Å². The molecule has 0 aliphatic heterocycles. The van der Waals surface area contributed by atoms with Crippen molar-refractivity contribution in [2.75, 3.05) is 0 Å². The first kappa shape index (κ1) is 26.3. The zero-order valence-electron chi connectivity index (χ0n) is 17.6. The van der Waals surface area contributed by atoms with Gasteiger partial charge in [-0.05, 0) is 35.2 Å². The van der Waals surface area contributed by atoms with Gasteiger partial charge >= 0.3 is 51.4 Å².